The van der Waals surface area contributed by atoms with Crippen molar-refractivity contribution in [1.82, 2.24) is 19.3 Å². The van der Waals surface area contributed by atoms with Gasteiger partial charge in [0.05, 0.1) is 12.1 Å². The zero-order valence-corrected chi connectivity index (χ0v) is 12.5. The second-order valence-corrected chi connectivity index (χ2v) is 5.65. The van der Waals surface area contributed by atoms with Crippen LogP contribution in [0.2, 0.25) is 0 Å². The molecule has 0 radical (unpaired) electrons. The van der Waals surface area contributed by atoms with Crippen molar-refractivity contribution in [2.45, 2.75) is 24.6 Å². The number of carbonyl (C=O) groups is 1. The van der Waals surface area contributed by atoms with Gasteiger partial charge in [0, 0.05) is 38.6 Å². The molecule has 0 amide bonds. The summed E-state index contributed by atoms with van der Waals surface area (Å²) in [6.45, 7) is 0. The number of rotatable bonds is 4. The van der Waals surface area contributed by atoms with Crippen LogP contribution in [0.5, 0.6) is 0 Å². The molecular weight excluding hydrogens is 313 g/mol. The fraction of sp³-hybridized carbons (Fsp3) is 0.500. The Morgan fingerprint density at radius 3 is 2.70 bits per heavy atom. The normalized spacial score (nSPS) is 22.0. The van der Waals surface area contributed by atoms with E-state index in [0.29, 0.717) is 6.42 Å². The maximum Gasteiger partial charge on any atom is 0.432 e. The number of aryl methyl sites for hydroxylation is 2. The summed E-state index contributed by atoms with van der Waals surface area (Å²) in [4.78, 5) is 15.7. The molecule has 0 saturated heterocycles. The van der Waals surface area contributed by atoms with Crippen molar-refractivity contribution >= 4 is 5.97 Å². The van der Waals surface area contributed by atoms with Crippen LogP contribution >= 0.6 is 0 Å². The predicted molar refractivity (Wildman–Crippen MR) is 72.2 cm³/mol. The fourth-order valence-electron chi connectivity index (χ4n) is 2.55. The lowest BCUT2D eigenvalue weighted by Crippen LogP contribution is -2.29. The Balaban J connectivity index is 1.72. The molecule has 23 heavy (non-hydrogen) atoms. The largest absolute Gasteiger partial charge is 0.444 e. The van der Waals surface area contributed by atoms with Crippen molar-refractivity contribution < 1.29 is 22.7 Å². The monoisotopic (exact) mass is 328 g/mol. The van der Waals surface area contributed by atoms with Gasteiger partial charge in [0.15, 0.2) is 5.82 Å². The zero-order chi connectivity index (χ0) is 16.8. The molecule has 1 saturated carbocycles. The number of ether oxygens (including phenoxy) is 1. The van der Waals surface area contributed by atoms with E-state index in [1.165, 1.54) is 24.0 Å². The standard InChI is InChI=1S/C14H15F3N4O2/c1-20-4-3-18-12(20)11(14(15,16)17)23-13(22)10-5-9(10)8-6-19-21(2)7-8/h3-4,6-7,9-11H,5H2,1-2H3/t9-,10-,11-/m0/s1. The maximum absolute atomic E-state index is 13.2. The molecule has 1 aliphatic rings. The minimum Gasteiger partial charge on any atom is -0.444 e. The molecule has 124 valence electrons. The number of alkyl halides is 3. The van der Waals surface area contributed by atoms with Crippen LogP contribution in [0.25, 0.3) is 0 Å². The zero-order valence-electron chi connectivity index (χ0n) is 12.5. The maximum atomic E-state index is 13.2. The van der Waals surface area contributed by atoms with Crippen LogP contribution in [0.1, 0.15) is 29.8 Å². The van der Waals surface area contributed by atoms with E-state index in [2.05, 4.69) is 10.1 Å². The summed E-state index contributed by atoms with van der Waals surface area (Å²) in [5.41, 5.74) is 0.829. The summed E-state index contributed by atoms with van der Waals surface area (Å²) < 4.78 is 47.1. The number of esters is 1. The van der Waals surface area contributed by atoms with Gasteiger partial charge in [-0.1, -0.05) is 0 Å². The van der Waals surface area contributed by atoms with Crippen molar-refractivity contribution in [1.29, 1.82) is 0 Å². The van der Waals surface area contributed by atoms with Gasteiger partial charge in [0.1, 0.15) is 0 Å². The first-order chi connectivity index (χ1) is 10.8. The number of hydrogen-bond donors (Lipinski definition) is 0. The molecule has 0 N–H and O–H groups in total. The molecule has 0 unspecified atom stereocenters. The summed E-state index contributed by atoms with van der Waals surface area (Å²) in [5.74, 6) is -1.90. The molecule has 2 aromatic heterocycles. The third-order valence-corrected chi connectivity index (χ3v) is 3.87. The Hall–Kier alpha value is -2.32. The van der Waals surface area contributed by atoms with Gasteiger partial charge in [-0.3, -0.25) is 9.48 Å². The Morgan fingerprint density at radius 1 is 1.43 bits per heavy atom. The van der Waals surface area contributed by atoms with E-state index in [9.17, 15) is 18.0 Å². The minimum atomic E-state index is -4.71. The van der Waals surface area contributed by atoms with Gasteiger partial charge >= 0.3 is 12.1 Å². The summed E-state index contributed by atoms with van der Waals surface area (Å²) in [5, 5.41) is 4.00. The van der Waals surface area contributed by atoms with Gasteiger partial charge in [-0.05, 0) is 12.0 Å². The van der Waals surface area contributed by atoms with E-state index in [-0.39, 0.29) is 11.7 Å². The molecule has 1 fully saturated rings. The van der Waals surface area contributed by atoms with E-state index in [0.717, 1.165) is 5.56 Å². The number of hydrogen-bond acceptors (Lipinski definition) is 4. The second-order valence-electron chi connectivity index (χ2n) is 5.65. The molecule has 2 aromatic rings. The van der Waals surface area contributed by atoms with E-state index in [1.54, 1.807) is 24.1 Å². The van der Waals surface area contributed by atoms with E-state index >= 15 is 0 Å². The Kier molecular flexibility index (Phi) is 3.65. The highest BCUT2D eigenvalue weighted by atomic mass is 19.4. The summed E-state index contributed by atoms with van der Waals surface area (Å²) in [7, 11) is 3.16. The molecule has 6 nitrogen and oxygen atoms in total. The topological polar surface area (TPSA) is 61.9 Å². The van der Waals surface area contributed by atoms with Crippen molar-refractivity contribution in [3.63, 3.8) is 0 Å². The highest BCUT2D eigenvalue weighted by Gasteiger charge is 2.51. The number of imidazole rings is 1. The van der Waals surface area contributed by atoms with Crippen molar-refractivity contribution in [3.05, 3.63) is 36.2 Å². The Morgan fingerprint density at radius 2 is 2.17 bits per heavy atom. The lowest BCUT2D eigenvalue weighted by molar-refractivity contribution is -0.227. The number of nitrogens with zero attached hydrogens (tertiary/aromatic N) is 4. The van der Waals surface area contributed by atoms with Crippen LogP contribution in [-0.2, 0) is 23.6 Å². The summed E-state index contributed by atoms with van der Waals surface area (Å²) in [6, 6.07) is 0. The van der Waals surface area contributed by atoms with Crippen LogP contribution in [0.4, 0.5) is 13.2 Å². The third kappa shape index (κ3) is 3.08. The summed E-state index contributed by atoms with van der Waals surface area (Å²) in [6.07, 6.45) is -0.640. The quantitative estimate of drug-likeness (QED) is 0.807. The van der Waals surface area contributed by atoms with E-state index in [1.807, 2.05) is 0 Å². The SMILES string of the molecule is Cn1cc([C@@H]2C[C@@H]2C(=O)O[C@@H](c2nccn2C)C(F)(F)F)cn1. The van der Waals surface area contributed by atoms with Crippen LogP contribution in [0.15, 0.2) is 24.8 Å². The van der Waals surface area contributed by atoms with Crippen molar-refractivity contribution in [3.8, 4) is 0 Å². The van der Waals surface area contributed by atoms with Crippen LogP contribution in [0.3, 0.4) is 0 Å². The first-order valence-corrected chi connectivity index (χ1v) is 7.00. The van der Waals surface area contributed by atoms with Crippen molar-refractivity contribution in [2.75, 3.05) is 0 Å². The van der Waals surface area contributed by atoms with E-state index < -0.39 is 24.2 Å². The molecule has 0 aliphatic heterocycles. The lowest BCUT2D eigenvalue weighted by Gasteiger charge is -2.20. The predicted octanol–water partition coefficient (Wildman–Crippen LogP) is 2.10. The summed E-state index contributed by atoms with van der Waals surface area (Å²) >= 11 is 0. The second kappa shape index (κ2) is 5.39. The van der Waals surface area contributed by atoms with Gasteiger partial charge in [0.2, 0.25) is 0 Å². The molecule has 9 heteroatoms. The molecule has 0 aromatic carbocycles. The van der Waals surface area contributed by atoms with Gasteiger partial charge in [0.25, 0.3) is 6.10 Å². The van der Waals surface area contributed by atoms with Crippen LogP contribution in [0, 0.1) is 5.92 Å². The number of halogens is 3. The Labute approximate surface area is 129 Å². The fourth-order valence-corrected chi connectivity index (χ4v) is 2.55. The number of carbonyl (C=O) groups excluding carboxylic acids is 1. The average Bonchev–Trinajstić information content (AvgIpc) is 2.97. The van der Waals surface area contributed by atoms with Crippen molar-refractivity contribution in [2.24, 2.45) is 20.0 Å². The molecule has 3 atom stereocenters. The smallest absolute Gasteiger partial charge is 0.432 e. The third-order valence-electron chi connectivity index (χ3n) is 3.87. The highest BCUT2D eigenvalue weighted by molar-refractivity contribution is 5.77. The Bertz CT molecular complexity index is 722. The highest BCUT2D eigenvalue weighted by Crippen LogP contribution is 2.49. The van der Waals surface area contributed by atoms with Crippen LogP contribution in [-0.4, -0.2) is 31.5 Å². The van der Waals surface area contributed by atoms with Gasteiger partial charge in [-0.15, -0.1) is 0 Å². The lowest BCUT2D eigenvalue weighted by atomic mass is 10.2. The van der Waals surface area contributed by atoms with Gasteiger partial charge in [-0.2, -0.15) is 18.3 Å². The molecule has 3 rings (SSSR count). The number of aromatic nitrogens is 4. The average molecular weight is 328 g/mol. The first-order valence-electron chi connectivity index (χ1n) is 7.00. The molecule has 0 spiro atoms. The minimum absolute atomic E-state index is 0.133. The van der Waals surface area contributed by atoms with Crippen LogP contribution < -0.4 is 0 Å². The molecule has 0 bridgehead atoms. The van der Waals surface area contributed by atoms with Gasteiger partial charge in [-0.25, -0.2) is 4.98 Å². The molecule has 1 aliphatic carbocycles. The molecule has 2 heterocycles. The molecular formula is C14H15F3N4O2. The first kappa shape index (κ1) is 15.6. The van der Waals surface area contributed by atoms with E-state index in [4.69, 9.17) is 4.74 Å². The van der Waals surface area contributed by atoms with Gasteiger partial charge < -0.3 is 9.30 Å².